The number of amides is 2. The smallest absolute Gasteiger partial charge is 0.306 e. The van der Waals surface area contributed by atoms with Crippen molar-refractivity contribution in [2.45, 2.75) is 44.9 Å². The normalized spacial score (nSPS) is 17.8. The summed E-state index contributed by atoms with van der Waals surface area (Å²) in [6.45, 7) is 0.472. The number of hydrogen-bond donors (Lipinski definition) is 1. The van der Waals surface area contributed by atoms with Crippen molar-refractivity contribution in [1.82, 2.24) is 0 Å². The largest absolute Gasteiger partial charge is 0.456 e. The van der Waals surface area contributed by atoms with Gasteiger partial charge in [0, 0.05) is 30.8 Å². The molecule has 2 amide bonds. The van der Waals surface area contributed by atoms with Gasteiger partial charge in [0.25, 0.3) is 5.91 Å². The van der Waals surface area contributed by atoms with Gasteiger partial charge in [0.1, 0.15) is 0 Å². The molecule has 0 aromatic heterocycles. The van der Waals surface area contributed by atoms with E-state index in [1.165, 1.54) is 12.8 Å². The number of hydrogen-bond acceptors (Lipinski definition) is 4. The van der Waals surface area contributed by atoms with Crippen molar-refractivity contribution in [3.05, 3.63) is 24.3 Å². The summed E-state index contributed by atoms with van der Waals surface area (Å²) in [4.78, 5) is 37.1. The van der Waals surface area contributed by atoms with Gasteiger partial charge in [-0.05, 0) is 49.4 Å². The maximum atomic E-state index is 11.9. The van der Waals surface area contributed by atoms with E-state index in [9.17, 15) is 14.4 Å². The van der Waals surface area contributed by atoms with Crippen LogP contribution in [0.5, 0.6) is 0 Å². The number of anilines is 2. The number of carbonyl (C=O) groups is 3. The second-order valence-corrected chi connectivity index (χ2v) is 6.76. The summed E-state index contributed by atoms with van der Waals surface area (Å²) >= 11 is 0. The van der Waals surface area contributed by atoms with Gasteiger partial charge < -0.3 is 15.0 Å². The van der Waals surface area contributed by atoms with E-state index < -0.39 is 0 Å². The minimum absolute atomic E-state index is 0.131. The molecule has 6 heteroatoms. The Morgan fingerprint density at radius 2 is 1.84 bits per heavy atom. The van der Waals surface area contributed by atoms with Crippen LogP contribution >= 0.6 is 0 Å². The van der Waals surface area contributed by atoms with Crippen molar-refractivity contribution < 1.29 is 19.1 Å². The first-order valence-electron chi connectivity index (χ1n) is 8.98. The van der Waals surface area contributed by atoms with Gasteiger partial charge in [-0.15, -0.1) is 0 Å². The van der Waals surface area contributed by atoms with Gasteiger partial charge in [-0.25, -0.2) is 0 Å². The van der Waals surface area contributed by atoms with Crippen LogP contribution in [0.25, 0.3) is 0 Å². The van der Waals surface area contributed by atoms with E-state index in [1.807, 2.05) is 12.1 Å². The summed E-state index contributed by atoms with van der Waals surface area (Å²) in [5.74, 6) is -0.114. The predicted molar refractivity (Wildman–Crippen MR) is 94.2 cm³/mol. The van der Waals surface area contributed by atoms with E-state index >= 15 is 0 Å². The summed E-state index contributed by atoms with van der Waals surface area (Å²) in [7, 11) is 0. The lowest BCUT2D eigenvalue weighted by atomic mass is 10.1. The summed E-state index contributed by atoms with van der Waals surface area (Å²) in [6, 6.07) is 7.12. The van der Waals surface area contributed by atoms with Gasteiger partial charge in [-0.2, -0.15) is 0 Å². The molecule has 134 valence electrons. The highest BCUT2D eigenvalue weighted by Gasteiger charge is 2.22. The highest BCUT2D eigenvalue weighted by atomic mass is 16.5. The molecule has 3 rings (SSSR count). The third-order valence-corrected chi connectivity index (χ3v) is 4.83. The number of esters is 1. The number of ether oxygens (including phenoxy) is 1. The van der Waals surface area contributed by atoms with Gasteiger partial charge >= 0.3 is 5.97 Å². The standard InChI is InChI=1S/C19H24N2O4/c22-17(13-25-19(24)12-14-4-1-2-5-14)20-15-7-9-16(10-8-15)21-11-3-6-18(21)23/h7-10,14H,1-6,11-13H2,(H,20,22). The zero-order valence-electron chi connectivity index (χ0n) is 14.3. The van der Waals surface area contributed by atoms with Crippen molar-refractivity contribution in [3.63, 3.8) is 0 Å². The number of carbonyl (C=O) groups excluding carboxylic acids is 3. The van der Waals surface area contributed by atoms with E-state index in [0.717, 1.165) is 31.5 Å². The molecule has 1 aliphatic carbocycles. The molecule has 2 fully saturated rings. The minimum Gasteiger partial charge on any atom is -0.456 e. The van der Waals surface area contributed by atoms with Crippen LogP contribution in [0.15, 0.2) is 24.3 Å². The second-order valence-electron chi connectivity index (χ2n) is 6.76. The molecule has 0 bridgehead atoms. The van der Waals surface area contributed by atoms with Crippen LogP contribution in [0.1, 0.15) is 44.9 Å². The van der Waals surface area contributed by atoms with Crippen molar-refractivity contribution in [3.8, 4) is 0 Å². The first kappa shape index (κ1) is 17.5. The summed E-state index contributed by atoms with van der Waals surface area (Å²) in [5.41, 5.74) is 1.45. The van der Waals surface area contributed by atoms with Crippen LogP contribution in [-0.4, -0.2) is 30.9 Å². The molecule has 1 aromatic carbocycles. The number of nitrogens with zero attached hydrogens (tertiary/aromatic N) is 1. The molecular weight excluding hydrogens is 320 g/mol. The summed E-state index contributed by atoms with van der Waals surface area (Å²) in [6.07, 6.45) is 6.38. The van der Waals surface area contributed by atoms with Crippen LogP contribution in [-0.2, 0) is 19.1 Å². The van der Waals surface area contributed by atoms with Crippen molar-refractivity contribution in [2.75, 3.05) is 23.4 Å². The molecule has 1 N–H and O–H groups in total. The lowest BCUT2D eigenvalue weighted by Gasteiger charge is -2.16. The Bertz CT molecular complexity index is 635. The molecule has 2 aliphatic rings. The Morgan fingerprint density at radius 3 is 2.48 bits per heavy atom. The minimum atomic E-state index is -0.357. The molecule has 0 radical (unpaired) electrons. The Kier molecular flexibility index (Phi) is 5.68. The fraction of sp³-hybridized carbons (Fsp3) is 0.526. The first-order valence-corrected chi connectivity index (χ1v) is 8.98. The highest BCUT2D eigenvalue weighted by molar-refractivity contribution is 5.96. The average molecular weight is 344 g/mol. The molecule has 1 aliphatic heterocycles. The monoisotopic (exact) mass is 344 g/mol. The maximum Gasteiger partial charge on any atom is 0.306 e. The molecule has 0 unspecified atom stereocenters. The highest BCUT2D eigenvalue weighted by Crippen LogP contribution is 2.27. The van der Waals surface area contributed by atoms with Crippen molar-refractivity contribution in [1.29, 1.82) is 0 Å². The zero-order chi connectivity index (χ0) is 17.6. The van der Waals surface area contributed by atoms with Crippen molar-refractivity contribution in [2.24, 2.45) is 5.92 Å². The Labute approximate surface area is 147 Å². The third-order valence-electron chi connectivity index (χ3n) is 4.83. The van der Waals surface area contributed by atoms with Crippen molar-refractivity contribution >= 4 is 29.2 Å². The van der Waals surface area contributed by atoms with Crippen LogP contribution in [0.4, 0.5) is 11.4 Å². The first-order chi connectivity index (χ1) is 12.1. The van der Waals surface area contributed by atoms with Gasteiger partial charge in [-0.1, -0.05) is 12.8 Å². The van der Waals surface area contributed by atoms with Gasteiger partial charge in [0.2, 0.25) is 5.91 Å². The lowest BCUT2D eigenvalue weighted by Crippen LogP contribution is -2.24. The van der Waals surface area contributed by atoms with Gasteiger partial charge in [0.05, 0.1) is 0 Å². The molecule has 1 saturated heterocycles. The number of rotatable bonds is 6. The fourth-order valence-electron chi connectivity index (χ4n) is 3.50. The van der Waals surface area contributed by atoms with E-state index in [-0.39, 0.29) is 24.4 Å². The van der Waals surface area contributed by atoms with Crippen LogP contribution in [0.2, 0.25) is 0 Å². The van der Waals surface area contributed by atoms with Gasteiger partial charge in [0.15, 0.2) is 6.61 Å². The molecule has 0 spiro atoms. The molecule has 6 nitrogen and oxygen atoms in total. The Hall–Kier alpha value is -2.37. The van der Waals surface area contributed by atoms with Gasteiger partial charge in [-0.3, -0.25) is 14.4 Å². The number of nitrogens with one attached hydrogen (secondary N) is 1. The quantitative estimate of drug-likeness (QED) is 0.805. The number of benzene rings is 1. The summed E-state index contributed by atoms with van der Waals surface area (Å²) < 4.78 is 5.05. The molecule has 1 saturated carbocycles. The zero-order valence-corrected chi connectivity index (χ0v) is 14.3. The molecular formula is C19H24N2O4. The van der Waals surface area contributed by atoms with E-state index in [0.29, 0.717) is 24.4 Å². The second kappa shape index (κ2) is 8.14. The van der Waals surface area contributed by atoms with E-state index in [4.69, 9.17) is 4.74 Å². The molecule has 25 heavy (non-hydrogen) atoms. The fourth-order valence-corrected chi connectivity index (χ4v) is 3.50. The molecule has 1 heterocycles. The van der Waals surface area contributed by atoms with E-state index in [2.05, 4.69) is 5.32 Å². The predicted octanol–water partition coefficient (Wildman–Crippen LogP) is 2.88. The van der Waals surface area contributed by atoms with Crippen LogP contribution in [0, 0.1) is 5.92 Å². The average Bonchev–Trinajstić information content (AvgIpc) is 3.25. The van der Waals surface area contributed by atoms with Crippen LogP contribution < -0.4 is 10.2 Å². The molecule has 1 aromatic rings. The topological polar surface area (TPSA) is 75.7 Å². The van der Waals surface area contributed by atoms with E-state index in [1.54, 1.807) is 17.0 Å². The van der Waals surface area contributed by atoms with Crippen LogP contribution in [0.3, 0.4) is 0 Å². The SMILES string of the molecule is O=C(COC(=O)CC1CCCC1)Nc1ccc(N2CCCC2=O)cc1. The Balaban J connectivity index is 1.43. The molecule has 0 atom stereocenters. The maximum absolute atomic E-state index is 11.9. The summed E-state index contributed by atoms with van der Waals surface area (Å²) in [5, 5.41) is 2.70. The lowest BCUT2D eigenvalue weighted by molar-refractivity contribution is -0.148. The third kappa shape index (κ3) is 4.81. The Morgan fingerprint density at radius 1 is 1.12 bits per heavy atom.